The Bertz CT molecular complexity index is 486. The topological polar surface area (TPSA) is 60.6 Å². The van der Waals surface area contributed by atoms with Crippen LogP contribution < -0.4 is 5.32 Å². The first-order valence-electron chi connectivity index (χ1n) is 6.34. The van der Waals surface area contributed by atoms with E-state index in [-0.39, 0.29) is 0 Å². The maximum Gasteiger partial charge on any atom is 0.194 e. The summed E-state index contributed by atoms with van der Waals surface area (Å²) in [6.45, 7) is 5.96. The van der Waals surface area contributed by atoms with Crippen LogP contribution in [-0.4, -0.2) is 31.3 Å². The van der Waals surface area contributed by atoms with E-state index in [1.165, 1.54) is 10.4 Å². The number of hydrogen-bond acceptors (Lipinski definition) is 4. The summed E-state index contributed by atoms with van der Waals surface area (Å²) in [6.07, 6.45) is 5.29. The molecule has 0 radical (unpaired) electrons. The van der Waals surface area contributed by atoms with Crippen molar-refractivity contribution in [3.63, 3.8) is 0 Å². The van der Waals surface area contributed by atoms with E-state index in [1.807, 2.05) is 0 Å². The molecule has 1 atom stereocenters. The molecule has 0 aliphatic heterocycles. The highest BCUT2D eigenvalue weighted by molar-refractivity contribution is 5.15. The van der Waals surface area contributed by atoms with Crippen molar-refractivity contribution in [2.45, 2.75) is 32.9 Å². The van der Waals surface area contributed by atoms with E-state index in [2.05, 4.69) is 57.6 Å². The summed E-state index contributed by atoms with van der Waals surface area (Å²) >= 11 is 0. The average molecular weight is 248 g/mol. The third-order valence-electron chi connectivity index (χ3n) is 2.91. The first-order valence-corrected chi connectivity index (χ1v) is 6.34. The Morgan fingerprint density at radius 3 is 2.83 bits per heavy atom. The predicted octanol–water partition coefficient (Wildman–Crippen LogP) is 1.12. The normalized spacial score (nSPS) is 12.8. The molecule has 2 aromatic rings. The van der Waals surface area contributed by atoms with Gasteiger partial charge in [0.05, 0.1) is 13.6 Å². The molecule has 0 bridgehead atoms. The van der Waals surface area contributed by atoms with Crippen LogP contribution in [0.4, 0.5) is 0 Å². The van der Waals surface area contributed by atoms with Gasteiger partial charge < -0.3 is 9.88 Å². The van der Waals surface area contributed by atoms with Crippen LogP contribution in [0.1, 0.15) is 37.7 Å². The van der Waals surface area contributed by atoms with Gasteiger partial charge in [0, 0.05) is 18.4 Å². The molecule has 0 aliphatic carbocycles. The largest absolute Gasteiger partial charge is 0.346 e. The Balaban J connectivity index is 2.05. The van der Waals surface area contributed by atoms with E-state index in [4.69, 9.17) is 0 Å². The van der Waals surface area contributed by atoms with Crippen LogP contribution in [0, 0.1) is 0 Å². The Labute approximate surface area is 107 Å². The summed E-state index contributed by atoms with van der Waals surface area (Å²) in [7, 11) is 1.77. The van der Waals surface area contributed by atoms with E-state index in [9.17, 15) is 0 Å². The van der Waals surface area contributed by atoms with Crippen molar-refractivity contribution in [1.29, 1.82) is 0 Å². The number of nitrogens with zero attached hydrogens (tertiary/aromatic N) is 5. The minimum absolute atomic E-state index is 0.422. The zero-order valence-electron chi connectivity index (χ0n) is 11.2. The third kappa shape index (κ3) is 2.95. The summed E-state index contributed by atoms with van der Waals surface area (Å²) in [5, 5.41) is 15.5. The molecule has 0 saturated heterocycles. The maximum absolute atomic E-state index is 4.17. The van der Waals surface area contributed by atoms with Gasteiger partial charge in [0.25, 0.3) is 0 Å². The average Bonchev–Trinajstić information content (AvgIpc) is 2.96. The molecule has 0 amide bonds. The second kappa shape index (κ2) is 5.77. The van der Waals surface area contributed by atoms with Crippen LogP contribution in [0.15, 0.2) is 18.5 Å². The van der Waals surface area contributed by atoms with Gasteiger partial charge in [-0.25, -0.2) is 0 Å². The molecule has 1 N–H and O–H groups in total. The highest BCUT2D eigenvalue weighted by Crippen LogP contribution is 2.16. The van der Waals surface area contributed by atoms with Gasteiger partial charge in [-0.15, -0.1) is 10.2 Å². The van der Waals surface area contributed by atoms with Gasteiger partial charge in [-0.1, -0.05) is 13.8 Å². The van der Waals surface area contributed by atoms with Gasteiger partial charge in [0.1, 0.15) is 0 Å². The summed E-state index contributed by atoms with van der Waals surface area (Å²) < 4.78 is 2.09. The minimum atomic E-state index is 0.422. The molecule has 1 unspecified atom stereocenters. The van der Waals surface area contributed by atoms with Gasteiger partial charge in [0.15, 0.2) is 5.82 Å². The van der Waals surface area contributed by atoms with Gasteiger partial charge in [-0.2, -0.15) is 4.80 Å². The highest BCUT2D eigenvalue weighted by atomic mass is 15.6. The fourth-order valence-corrected chi connectivity index (χ4v) is 2.06. The molecule has 0 aliphatic rings. The molecule has 0 spiro atoms. The van der Waals surface area contributed by atoms with E-state index in [1.54, 1.807) is 7.05 Å². The first kappa shape index (κ1) is 12.8. The van der Waals surface area contributed by atoms with Crippen molar-refractivity contribution in [2.75, 3.05) is 6.54 Å². The third-order valence-corrected chi connectivity index (χ3v) is 2.91. The predicted molar refractivity (Wildman–Crippen MR) is 69.0 cm³/mol. The molecule has 2 heterocycles. The van der Waals surface area contributed by atoms with Crippen molar-refractivity contribution in [1.82, 2.24) is 30.1 Å². The zero-order valence-corrected chi connectivity index (χ0v) is 11.2. The van der Waals surface area contributed by atoms with Crippen molar-refractivity contribution in [2.24, 2.45) is 7.05 Å². The molecule has 0 fully saturated rings. The van der Waals surface area contributed by atoms with E-state index >= 15 is 0 Å². The molecule has 2 aromatic heterocycles. The lowest BCUT2D eigenvalue weighted by molar-refractivity contribution is 0.536. The number of aryl methyl sites for hydroxylation is 1. The molecule has 0 aromatic carbocycles. The van der Waals surface area contributed by atoms with Crippen molar-refractivity contribution < 1.29 is 0 Å². The number of hydrogen-bond donors (Lipinski definition) is 1. The quantitative estimate of drug-likeness (QED) is 0.832. The highest BCUT2D eigenvalue weighted by Gasteiger charge is 2.09. The Morgan fingerprint density at radius 1 is 1.39 bits per heavy atom. The summed E-state index contributed by atoms with van der Waals surface area (Å²) in [5.74, 6) is 0.733. The lowest BCUT2D eigenvalue weighted by Gasteiger charge is -2.13. The van der Waals surface area contributed by atoms with Crippen LogP contribution in [-0.2, 0) is 13.6 Å². The second-order valence-electron chi connectivity index (χ2n) is 4.33. The monoisotopic (exact) mass is 248 g/mol. The van der Waals surface area contributed by atoms with E-state index in [0.717, 1.165) is 18.8 Å². The van der Waals surface area contributed by atoms with Gasteiger partial charge in [-0.3, -0.25) is 0 Å². The van der Waals surface area contributed by atoms with Gasteiger partial charge in [-0.05, 0) is 29.8 Å². The maximum atomic E-state index is 4.17. The molecule has 98 valence electrons. The summed E-state index contributed by atoms with van der Waals surface area (Å²) in [4.78, 5) is 1.48. The fourth-order valence-electron chi connectivity index (χ4n) is 2.06. The van der Waals surface area contributed by atoms with Crippen molar-refractivity contribution >= 4 is 0 Å². The molecule has 0 saturated carbocycles. The van der Waals surface area contributed by atoms with Crippen LogP contribution in [0.5, 0.6) is 0 Å². The fraction of sp³-hybridized carbons (Fsp3) is 0.583. The minimum Gasteiger partial charge on any atom is -0.346 e. The zero-order chi connectivity index (χ0) is 13.0. The van der Waals surface area contributed by atoms with Crippen LogP contribution in [0.3, 0.4) is 0 Å². The number of aromatic nitrogens is 5. The van der Waals surface area contributed by atoms with Crippen LogP contribution in [0.25, 0.3) is 0 Å². The SMILES string of the molecule is CCNC(CC)c1ccn(Cc2nnn(C)n2)c1. The summed E-state index contributed by atoms with van der Waals surface area (Å²) in [6, 6.07) is 2.57. The van der Waals surface area contributed by atoms with Crippen LogP contribution >= 0.6 is 0 Å². The lowest BCUT2D eigenvalue weighted by Crippen LogP contribution is -2.19. The molecule has 18 heavy (non-hydrogen) atoms. The Hall–Kier alpha value is -1.69. The van der Waals surface area contributed by atoms with Crippen molar-refractivity contribution in [3.8, 4) is 0 Å². The van der Waals surface area contributed by atoms with E-state index in [0.29, 0.717) is 12.6 Å². The molecular formula is C12H20N6. The van der Waals surface area contributed by atoms with Crippen LogP contribution in [0.2, 0.25) is 0 Å². The molecule has 2 rings (SSSR count). The van der Waals surface area contributed by atoms with E-state index < -0.39 is 0 Å². The second-order valence-corrected chi connectivity index (χ2v) is 4.33. The molecule has 6 nitrogen and oxygen atoms in total. The lowest BCUT2D eigenvalue weighted by atomic mass is 10.1. The number of nitrogens with one attached hydrogen (secondary N) is 1. The number of tetrazole rings is 1. The Kier molecular flexibility index (Phi) is 4.09. The molecular weight excluding hydrogens is 228 g/mol. The van der Waals surface area contributed by atoms with Gasteiger partial charge >= 0.3 is 0 Å². The first-order chi connectivity index (χ1) is 8.72. The smallest absolute Gasteiger partial charge is 0.194 e. The van der Waals surface area contributed by atoms with Gasteiger partial charge in [0.2, 0.25) is 0 Å². The standard InChI is InChI=1S/C12H20N6/c1-4-11(13-5-2)10-6-7-18(8-10)9-12-14-16-17(3)15-12/h6-8,11,13H,4-5,9H2,1-3H3. The van der Waals surface area contributed by atoms with Crippen molar-refractivity contribution in [3.05, 3.63) is 29.8 Å². The number of rotatable bonds is 6. The summed E-state index contributed by atoms with van der Waals surface area (Å²) in [5.41, 5.74) is 1.31. The molecule has 6 heteroatoms. The Morgan fingerprint density at radius 2 is 2.22 bits per heavy atom.